The number of carboxylic acids is 1. The lowest BCUT2D eigenvalue weighted by molar-refractivity contribution is -0.142. The van der Waals surface area contributed by atoms with Gasteiger partial charge in [0, 0.05) is 0 Å². The fraction of sp³-hybridized carbons (Fsp3) is 0.923. The minimum atomic E-state index is -0.599. The summed E-state index contributed by atoms with van der Waals surface area (Å²) >= 11 is 0. The van der Waals surface area contributed by atoms with Crippen molar-refractivity contribution in [2.75, 3.05) is 0 Å². The molecule has 0 saturated heterocycles. The van der Waals surface area contributed by atoms with E-state index in [2.05, 4.69) is 20.8 Å². The van der Waals surface area contributed by atoms with E-state index in [-0.39, 0.29) is 5.92 Å². The predicted molar refractivity (Wildman–Crippen MR) is 64.0 cm³/mol. The molecule has 0 aromatic heterocycles. The van der Waals surface area contributed by atoms with Crippen LogP contribution in [0.3, 0.4) is 0 Å². The molecule has 15 heavy (non-hydrogen) atoms. The molecule has 0 radical (unpaired) electrons. The van der Waals surface area contributed by atoms with Crippen LogP contribution in [0.25, 0.3) is 0 Å². The van der Waals surface area contributed by atoms with Crippen molar-refractivity contribution in [1.82, 2.24) is 0 Å². The second-order valence-electron chi connectivity index (χ2n) is 4.45. The van der Waals surface area contributed by atoms with Crippen molar-refractivity contribution in [3.05, 3.63) is 0 Å². The highest BCUT2D eigenvalue weighted by atomic mass is 16.4. The molecule has 0 spiro atoms. The molecule has 0 aromatic carbocycles. The van der Waals surface area contributed by atoms with Crippen LogP contribution in [-0.4, -0.2) is 11.1 Å². The highest BCUT2D eigenvalue weighted by Gasteiger charge is 2.20. The van der Waals surface area contributed by atoms with Crippen molar-refractivity contribution < 1.29 is 9.90 Å². The number of hydrogen-bond donors (Lipinski definition) is 1. The van der Waals surface area contributed by atoms with E-state index >= 15 is 0 Å². The Labute approximate surface area is 94.1 Å². The quantitative estimate of drug-likeness (QED) is 0.587. The molecule has 0 saturated carbocycles. The van der Waals surface area contributed by atoms with Crippen LogP contribution in [0.2, 0.25) is 0 Å². The molecule has 0 aliphatic rings. The van der Waals surface area contributed by atoms with Crippen LogP contribution in [0.1, 0.15) is 65.7 Å². The molecular formula is C13H26O2. The maximum absolute atomic E-state index is 11.1. The number of unbranched alkanes of at least 4 members (excludes halogenated alkanes) is 2. The molecule has 0 rings (SSSR count). The lowest BCUT2D eigenvalue weighted by atomic mass is 9.87. The van der Waals surface area contributed by atoms with Gasteiger partial charge in [0.2, 0.25) is 0 Å². The van der Waals surface area contributed by atoms with Gasteiger partial charge in [-0.15, -0.1) is 0 Å². The summed E-state index contributed by atoms with van der Waals surface area (Å²) in [6.07, 6.45) is 7.32. The molecule has 0 aliphatic carbocycles. The monoisotopic (exact) mass is 214 g/mol. The first-order chi connectivity index (χ1) is 7.15. The van der Waals surface area contributed by atoms with E-state index in [1.54, 1.807) is 0 Å². The third-order valence-electron chi connectivity index (χ3n) is 3.28. The zero-order valence-corrected chi connectivity index (χ0v) is 10.5. The first kappa shape index (κ1) is 14.5. The second kappa shape index (κ2) is 8.75. The lowest BCUT2D eigenvalue weighted by Crippen LogP contribution is -2.17. The Bertz CT molecular complexity index is 162. The average molecular weight is 214 g/mol. The normalized spacial score (nSPS) is 13.1. The molecule has 1 unspecified atom stereocenters. The van der Waals surface area contributed by atoms with Crippen LogP contribution in [0.4, 0.5) is 0 Å². The lowest BCUT2D eigenvalue weighted by Gasteiger charge is -2.18. The van der Waals surface area contributed by atoms with Gasteiger partial charge in [-0.1, -0.05) is 52.9 Å². The Kier molecular flexibility index (Phi) is 8.44. The summed E-state index contributed by atoms with van der Waals surface area (Å²) in [5.74, 6) is -0.118. The Balaban J connectivity index is 3.97. The largest absolute Gasteiger partial charge is 0.481 e. The maximum Gasteiger partial charge on any atom is 0.306 e. The number of aliphatic carboxylic acids is 1. The van der Waals surface area contributed by atoms with E-state index in [0.717, 1.165) is 44.9 Å². The van der Waals surface area contributed by atoms with Gasteiger partial charge in [0.15, 0.2) is 0 Å². The minimum absolute atomic E-state index is 0.110. The van der Waals surface area contributed by atoms with Gasteiger partial charge in [-0.05, 0) is 18.8 Å². The summed E-state index contributed by atoms with van der Waals surface area (Å²) in [7, 11) is 0. The van der Waals surface area contributed by atoms with Gasteiger partial charge in [0.05, 0.1) is 5.92 Å². The van der Waals surface area contributed by atoms with Crippen molar-refractivity contribution >= 4 is 5.97 Å². The van der Waals surface area contributed by atoms with Gasteiger partial charge in [0.25, 0.3) is 0 Å². The summed E-state index contributed by atoms with van der Waals surface area (Å²) < 4.78 is 0. The first-order valence-corrected chi connectivity index (χ1v) is 6.38. The van der Waals surface area contributed by atoms with Gasteiger partial charge >= 0.3 is 5.97 Å². The highest BCUT2D eigenvalue weighted by molar-refractivity contribution is 5.69. The van der Waals surface area contributed by atoms with Crippen molar-refractivity contribution in [3.63, 3.8) is 0 Å². The SMILES string of the molecule is CCCCCC(CC(CC)CC)C(=O)O. The summed E-state index contributed by atoms with van der Waals surface area (Å²) in [5.41, 5.74) is 0. The molecule has 0 aliphatic heterocycles. The first-order valence-electron chi connectivity index (χ1n) is 6.38. The molecule has 0 amide bonds. The molecule has 2 nitrogen and oxygen atoms in total. The van der Waals surface area contributed by atoms with Crippen LogP contribution in [0.15, 0.2) is 0 Å². The summed E-state index contributed by atoms with van der Waals surface area (Å²) in [6.45, 7) is 6.45. The van der Waals surface area contributed by atoms with Gasteiger partial charge < -0.3 is 5.11 Å². The van der Waals surface area contributed by atoms with Gasteiger partial charge in [0.1, 0.15) is 0 Å². The molecule has 0 bridgehead atoms. The summed E-state index contributed by atoms with van der Waals surface area (Å²) in [4.78, 5) is 11.1. The van der Waals surface area contributed by atoms with Crippen LogP contribution in [0, 0.1) is 11.8 Å². The summed E-state index contributed by atoms with van der Waals surface area (Å²) in [5, 5.41) is 9.11. The highest BCUT2D eigenvalue weighted by Crippen LogP contribution is 2.23. The van der Waals surface area contributed by atoms with E-state index < -0.39 is 5.97 Å². The van der Waals surface area contributed by atoms with E-state index in [1.807, 2.05) is 0 Å². The number of hydrogen-bond acceptors (Lipinski definition) is 1. The number of carboxylic acid groups (broad SMARTS) is 1. The standard InChI is InChI=1S/C13H26O2/c1-4-7-8-9-12(13(14)15)10-11(5-2)6-3/h11-12H,4-10H2,1-3H3,(H,14,15). The van der Waals surface area contributed by atoms with Crippen molar-refractivity contribution in [2.45, 2.75) is 65.7 Å². The Morgan fingerprint density at radius 2 is 1.73 bits per heavy atom. The van der Waals surface area contributed by atoms with Crippen LogP contribution in [-0.2, 0) is 4.79 Å². The van der Waals surface area contributed by atoms with Gasteiger partial charge in [-0.2, -0.15) is 0 Å². The smallest absolute Gasteiger partial charge is 0.306 e. The number of carbonyl (C=O) groups is 1. The third kappa shape index (κ3) is 6.53. The van der Waals surface area contributed by atoms with E-state index in [1.165, 1.54) is 0 Å². The Hall–Kier alpha value is -0.530. The van der Waals surface area contributed by atoms with Crippen LogP contribution in [0.5, 0.6) is 0 Å². The minimum Gasteiger partial charge on any atom is -0.481 e. The molecule has 1 atom stereocenters. The Morgan fingerprint density at radius 3 is 2.13 bits per heavy atom. The summed E-state index contributed by atoms with van der Waals surface area (Å²) in [6, 6.07) is 0. The maximum atomic E-state index is 11.1. The molecule has 1 N–H and O–H groups in total. The molecule has 90 valence electrons. The fourth-order valence-electron chi connectivity index (χ4n) is 2.01. The van der Waals surface area contributed by atoms with E-state index in [9.17, 15) is 4.79 Å². The predicted octanol–water partition coefficient (Wildman–Crippen LogP) is 4.09. The molecule has 0 fully saturated rings. The topological polar surface area (TPSA) is 37.3 Å². The third-order valence-corrected chi connectivity index (χ3v) is 3.28. The van der Waals surface area contributed by atoms with Crippen molar-refractivity contribution in [2.24, 2.45) is 11.8 Å². The van der Waals surface area contributed by atoms with Crippen LogP contribution < -0.4 is 0 Å². The van der Waals surface area contributed by atoms with Gasteiger partial charge in [-0.3, -0.25) is 4.79 Å². The van der Waals surface area contributed by atoms with Crippen LogP contribution >= 0.6 is 0 Å². The fourth-order valence-corrected chi connectivity index (χ4v) is 2.01. The average Bonchev–Trinajstić information content (AvgIpc) is 2.23. The van der Waals surface area contributed by atoms with Crippen molar-refractivity contribution in [3.8, 4) is 0 Å². The molecule has 0 aromatic rings. The van der Waals surface area contributed by atoms with E-state index in [4.69, 9.17) is 5.11 Å². The van der Waals surface area contributed by atoms with Gasteiger partial charge in [-0.25, -0.2) is 0 Å². The zero-order chi connectivity index (χ0) is 11.7. The molecule has 2 heteroatoms. The molecule has 0 heterocycles. The molecular weight excluding hydrogens is 188 g/mol. The van der Waals surface area contributed by atoms with E-state index in [0.29, 0.717) is 5.92 Å². The second-order valence-corrected chi connectivity index (χ2v) is 4.45. The van der Waals surface area contributed by atoms with Crippen molar-refractivity contribution in [1.29, 1.82) is 0 Å². The Morgan fingerprint density at radius 1 is 1.13 bits per heavy atom. The number of rotatable bonds is 9. The zero-order valence-electron chi connectivity index (χ0n) is 10.5.